The van der Waals surface area contributed by atoms with Crippen molar-refractivity contribution < 1.29 is 4.74 Å². The van der Waals surface area contributed by atoms with Gasteiger partial charge in [-0.2, -0.15) is 0 Å². The van der Waals surface area contributed by atoms with E-state index in [1.807, 2.05) is 12.1 Å². The molecule has 0 amide bonds. The summed E-state index contributed by atoms with van der Waals surface area (Å²) >= 11 is 0. The summed E-state index contributed by atoms with van der Waals surface area (Å²) in [7, 11) is 1.70. The molecule has 1 rings (SSSR count). The number of hydrogen-bond acceptors (Lipinski definition) is 2. The zero-order chi connectivity index (χ0) is 14.1. The Labute approximate surface area is 118 Å². The Hall–Kier alpha value is -1.02. The van der Waals surface area contributed by atoms with Gasteiger partial charge in [0.05, 0.1) is 7.11 Å². The molecule has 1 aromatic rings. The molecule has 0 aromatic heterocycles. The molecule has 0 aliphatic carbocycles. The Morgan fingerprint density at radius 1 is 1.11 bits per heavy atom. The average molecular weight is 263 g/mol. The Kier molecular flexibility index (Phi) is 6.93. The number of unbranched alkanes of at least 4 members (excludes halogenated alkanes) is 5. The highest BCUT2D eigenvalue weighted by Crippen LogP contribution is 2.27. The minimum atomic E-state index is -0.251. The second-order valence-corrected chi connectivity index (χ2v) is 5.67. The van der Waals surface area contributed by atoms with Crippen molar-refractivity contribution in [2.45, 2.75) is 64.3 Å². The van der Waals surface area contributed by atoms with Crippen molar-refractivity contribution in [3.8, 4) is 5.75 Å². The molecule has 0 radical (unpaired) electrons. The third-order valence-corrected chi connectivity index (χ3v) is 3.78. The summed E-state index contributed by atoms with van der Waals surface area (Å²) in [6, 6.07) is 8.13. The summed E-state index contributed by atoms with van der Waals surface area (Å²) in [6.07, 6.45) is 8.88. The van der Waals surface area contributed by atoms with Crippen LogP contribution in [-0.2, 0) is 5.54 Å². The van der Waals surface area contributed by atoms with E-state index in [0.29, 0.717) is 0 Å². The molecule has 0 aliphatic heterocycles. The lowest BCUT2D eigenvalue weighted by molar-refractivity contribution is 0.401. The van der Waals surface area contributed by atoms with Crippen molar-refractivity contribution in [3.63, 3.8) is 0 Å². The van der Waals surface area contributed by atoms with Crippen LogP contribution in [0.4, 0.5) is 0 Å². The van der Waals surface area contributed by atoms with Crippen LogP contribution in [0.3, 0.4) is 0 Å². The molecule has 0 fully saturated rings. The van der Waals surface area contributed by atoms with Crippen molar-refractivity contribution >= 4 is 0 Å². The fourth-order valence-electron chi connectivity index (χ4n) is 2.40. The van der Waals surface area contributed by atoms with Crippen molar-refractivity contribution in [2.24, 2.45) is 5.73 Å². The Morgan fingerprint density at radius 3 is 2.47 bits per heavy atom. The SMILES string of the molecule is CCCCCCCCC(C)(N)c1cccc(OC)c1. The quantitative estimate of drug-likeness (QED) is 0.660. The van der Waals surface area contributed by atoms with Crippen molar-refractivity contribution in [2.75, 3.05) is 7.11 Å². The number of rotatable bonds is 9. The topological polar surface area (TPSA) is 35.2 Å². The van der Waals surface area contributed by atoms with Gasteiger partial charge in [-0.05, 0) is 31.0 Å². The van der Waals surface area contributed by atoms with Crippen LogP contribution in [0.25, 0.3) is 0 Å². The highest BCUT2D eigenvalue weighted by atomic mass is 16.5. The maximum absolute atomic E-state index is 6.45. The van der Waals surface area contributed by atoms with Crippen LogP contribution in [0.1, 0.15) is 64.4 Å². The van der Waals surface area contributed by atoms with E-state index >= 15 is 0 Å². The van der Waals surface area contributed by atoms with Gasteiger partial charge in [-0.3, -0.25) is 0 Å². The predicted molar refractivity (Wildman–Crippen MR) is 82.5 cm³/mol. The third-order valence-electron chi connectivity index (χ3n) is 3.78. The molecular weight excluding hydrogens is 234 g/mol. The minimum Gasteiger partial charge on any atom is -0.497 e. The molecule has 0 spiro atoms. The average Bonchev–Trinajstić information content (AvgIpc) is 2.43. The number of methoxy groups -OCH3 is 1. The summed E-state index contributed by atoms with van der Waals surface area (Å²) in [5, 5.41) is 0. The number of hydrogen-bond donors (Lipinski definition) is 1. The molecule has 0 bridgehead atoms. The monoisotopic (exact) mass is 263 g/mol. The van der Waals surface area contributed by atoms with Gasteiger partial charge in [0.25, 0.3) is 0 Å². The van der Waals surface area contributed by atoms with Gasteiger partial charge in [0.1, 0.15) is 5.75 Å². The van der Waals surface area contributed by atoms with E-state index in [1.54, 1.807) is 7.11 Å². The van der Waals surface area contributed by atoms with Crippen molar-refractivity contribution in [1.29, 1.82) is 0 Å². The summed E-state index contributed by atoms with van der Waals surface area (Å²) in [5.41, 5.74) is 7.36. The van der Waals surface area contributed by atoms with Crippen molar-refractivity contribution in [3.05, 3.63) is 29.8 Å². The van der Waals surface area contributed by atoms with Gasteiger partial charge in [-0.15, -0.1) is 0 Å². The normalized spacial score (nSPS) is 14.1. The van der Waals surface area contributed by atoms with Gasteiger partial charge in [0.15, 0.2) is 0 Å². The lowest BCUT2D eigenvalue weighted by Crippen LogP contribution is -2.32. The van der Waals surface area contributed by atoms with E-state index < -0.39 is 0 Å². The lowest BCUT2D eigenvalue weighted by Gasteiger charge is -2.25. The molecule has 1 unspecified atom stereocenters. The Morgan fingerprint density at radius 2 is 1.79 bits per heavy atom. The highest BCUT2D eigenvalue weighted by molar-refractivity contribution is 5.32. The molecule has 1 aromatic carbocycles. The summed E-state index contributed by atoms with van der Waals surface area (Å²) in [4.78, 5) is 0. The Balaban J connectivity index is 2.41. The largest absolute Gasteiger partial charge is 0.497 e. The standard InChI is InChI=1S/C17H29NO/c1-4-5-6-7-8-9-13-17(2,18)15-11-10-12-16(14-15)19-3/h10-12,14H,4-9,13,18H2,1-3H3. The predicted octanol–water partition coefficient (Wildman–Crippen LogP) is 4.62. The van der Waals surface area contributed by atoms with Gasteiger partial charge >= 0.3 is 0 Å². The van der Waals surface area contributed by atoms with E-state index in [4.69, 9.17) is 10.5 Å². The van der Waals surface area contributed by atoms with Crippen LogP contribution in [-0.4, -0.2) is 7.11 Å². The third kappa shape index (κ3) is 5.65. The lowest BCUT2D eigenvalue weighted by atomic mass is 9.87. The van der Waals surface area contributed by atoms with Gasteiger partial charge in [0.2, 0.25) is 0 Å². The van der Waals surface area contributed by atoms with E-state index in [0.717, 1.165) is 12.2 Å². The highest BCUT2D eigenvalue weighted by Gasteiger charge is 2.20. The molecule has 1 atom stereocenters. The van der Waals surface area contributed by atoms with Gasteiger partial charge in [-0.25, -0.2) is 0 Å². The minimum absolute atomic E-state index is 0.251. The fraction of sp³-hybridized carbons (Fsp3) is 0.647. The number of nitrogens with two attached hydrogens (primary N) is 1. The fourth-order valence-corrected chi connectivity index (χ4v) is 2.40. The van der Waals surface area contributed by atoms with Crippen LogP contribution >= 0.6 is 0 Å². The smallest absolute Gasteiger partial charge is 0.119 e. The van der Waals surface area contributed by atoms with Crippen LogP contribution in [0.5, 0.6) is 5.75 Å². The molecule has 0 aliphatic rings. The summed E-state index contributed by atoms with van der Waals surface area (Å²) < 4.78 is 5.26. The van der Waals surface area contributed by atoms with Crippen LogP contribution in [0, 0.1) is 0 Å². The first-order valence-corrected chi connectivity index (χ1v) is 7.53. The first-order valence-electron chi connectivity index (χ1n) is 7.53. The molecule has 0 heterocycles. The van der Waals surface area contributed by atoms with Crippen LogP contribution < -0.4 is 10.5 Å². The van der Waals surface area contributed by atoms with Gasteiger partial charge < -0.3 is 10.5 Å². The van der Waals surface area contributed by atoms with E-state index in [9.17, 15) is 0 Å². The van der Waals surface area contributed by atoms with Gasteiger partial charge in [-0.1, -0.05) is 57.6 Å². The maximum Gasteiger partial charge on any atom is 0.119 e. The van der Waals surface area contributed by atoms with Crippen molar-refractivity contribution in [1.82, 2.24) is 0 Å². The zero-order valence-electron chi connectivity index (χ0n) is 12.7. The summed E-state index contributed by atoms with van der Waals surface area (Å²) in [6.45, 7) is 4.37. The van der Waals surface area contributed by atoms with Crippen LogP contribution in [0.2, 0.25) is 0 Å². The van der Waals surface area contributed by atoms with E-state index in [1.165, 1.54) is 44.1 Å². The second-order valence-electron chi connectivity index (χ2n) is 5.67. The first-order chi connectivity index (χ1) is 9.10. The second kappa shape index (κ2) is 8.21. The van der Waals surface area contributed by atoms with Crippen LogP contribution in [0.15, 0.2) is 24.3 Å². The van der Waals surface area contributed by atoms with Gasteiger partial charge in [0, 0.05) is 5.54 Å². The summed E-state index contributed by atoms with van der Waals surface area (Å²) in [5.74, 6) is 0.886. The maximum atomic E-state index is 6.45. The molecular formula is C17H29NO. The van der Waals surface area contributed by atoms with E-state index in [2.05, 4.69) is 26.0 Å². The molecule has 2 nitrogen and oxygen atoms in total. The molecule has 0 saturated carbocycles. The first kappa shape index (κ1) is 16.0. The van der Waals surface area contributed by atoms with E-state index in [-0.39, 0.29) is 5.54 Å². The number of ether oxygens (including phenoxy) is 1. The number of benzene rings is 1. The molecule has 2 heteroatoms. The molecule has 19 heavy (non-hydrogen) atoms. The molecule has 2 N–H and O–H groups in total. The molecule has 0 saturated heterocycles. The Bertz CT molecular complexity index is 360. The zero-order valence-corrected chi connectivity index (χ0v) is 12.7. The molecule has 108 valence electrons.